The average Bonchev–Trinajstić information content (AvgIpc) is 3.02. The fourth-order valence-corrected chi connectivity index (χ4v) is 3.31. The lowest BCUT2D eigenvalue weighted by Crippen LogP contribution is -2.29. The van der Waals surface area contributed by atoms with E-state index in [1.165, 1.54) is 19.3 Å². The normalized spacial score (nSPS) is 17.3. The summed E-state index contributed by atoms with van der Waals surface area (Å²) in [7, 11) is 0. The molecule has 3 heteroatoms. The van der Waals surface area contributed by atoms with E-state index in [0.717, 1.165) is 52.4 Å². The van der Waals surface area contributed by atoms with Gasteiger partial charge in [0.15, 0.2) is 0 Å². The van der Waals surface area contributed by atoms with Crippen LogP contribution in [-0.4, -0.2) is 16.3 Å². The van der Waals surface area contributed by atoms with Crippen molar-refractivity contribution in [3.8, 4) is 0 Å². The molecule has 26 heavy (non-hydrogen) atoms. The summed E-state index contributed by atoms with van der Waals surface area (Å²) in [4.78, 5) is 0. The van der Waals surface area contributed by atoms with Crippen molar-refractivity contribution in [2.45, 2.75) is 79.2 Å². The first-order chi connectivity index (χ1) is 12.6. The van der Waals surface area contributed by atoms with Gasteiger partial charge in [0.25, 0.3) is 0 Å². The SMILES string of the molecule is C=C/C(=C\CC)C(=C)/C=c1/[nH]nc(C)/c1=C(/C)OC1CCCCC1.CC. The summed E-state index contributed by atoms with van der Waals surface area (Å²) >= 11 is 0. The molecule has 1 aromatic rings. The van der Waals surface area contributed by atoms with Crippen molar-refractivity contribution < 1.29 is 4.74 Å². The molecule has 0 aromatic carbocycles. The van der Waals surface area contributed by atoms with Crippen molar-refractivity contribution in [1.82, 2.24) is 10.2 Å². The molecule has 1 aromatic heterocycles. The fourth-order valence-electron chi connectivity index (χ4n) is 3.31. The van der Waals surface area contributed by atoms with Gasteiger partial charge in [0, 0.05) is 0 Å². The third kappa shape index (κ3) is 6.05. The number of H-pyrrole nitrogens is 1. The van der Waals surface area contributed by atoms with Crippen molar-refractivity contribution in [3.63, 3.8) is 0 Å². The molecule has 0 atom stereocenters. The van der Waals surface area contributed by atoms with Crippen molar-refractivity contribution >= 4 is 11.8 Å². The number of hydrogen-bond acceptors (Lipinski definition) is 2. The Labute approximate surface area is 159 Å². The first-order valence-electron chi connectivity index (χ1n) is 9.99. The summed E-state index contributed by atoms with van der Waals surface area (Å²) in [6, 6.07) is 0. The molecule has 1 N–H and O–H groups in total. The molecular formula is C23H36N2O. The molecular weight excluding hydrogens is 320 g/mol. The fraction of sp³-hybridized carbons (Fsp3) is 0.522. The minimum Gasteiger partial charge on any atom is -0.494 e. The van der Waals surface area contributed by atoms with Crippen LogP contribution in [0.5, 0.6) is 0 Å². The number of aromatic nitrogens is 2. The summed E-state index contributed by atoms with van der Waals surface area (Å²) < 4.78 is 6.25. The molecule has 1 fully saturated rings. The topological polar surface area (TPSA) is 37.9 Å². The second-order valence-electron chi connectivity index (χ2n) is 6.47. The van der Waals surface area contributed by atoms with Crippen LogP contribution in [0.25, 0.3) is 11.8 Å². The molecule has 1 heterocycles. The third-order valence-corrected chi connectivity index (χ3v) is 4.56. The van der Waals surface area contributed by atoms with Gasteiger partial charge in [-0.3, -0.25) is 5.10 Å². The minimum atomic E-state index is 0.341. The molecule has 2 rings (SSSR count). The molecule has 0 aliphatic heterocycles. The molecule has 0 saturated heterocycles. The highest BCUT2D eigenvalue weighted by atomic mass is 16.5. The summed E-state index contributed by atoms with van der Waals surface area (Å²) in [6.07, 6.45) is 13.5. The molecule has 0 spiro atoms. The van der Waals surface area contributed by atoms with Crippen molar-refractivity contribution in [1.29, 1.82) is 0 Å². The Morgan fingerprint density at radius 1 is 1.27 bits per heavy atom. The van der Waals surface area contributed by atoms with Gasteiger partial charge in [0.1, 0.15) is 5.76 Å². The molecule has 1 aliphatic rings. The molecule has 1 aliphatic carbocycles. The molecule has 144 valence electrons. The molecule has 0 bridgehead atoms. The minimum absolute atomic E-state index is 0.341. The number of allylic oxidation sites excluding steroid dienone is 4. The first kappa shape index (κ1) is 22.0. The quantitative estimate of drug-likeness (QED) is 0.722. The zero-order valence-corrected chi connectivity index (χ0v) is 17.3. The summed E-state index contributed by atoms with van der Waals surface area (Å²) in [6.45, 7) is 18.2. The maximum Gasteiger partial charge on any atom is 0.105 e. The van der Waals surface area contributed by atoms with Gasteiger partial charge in [-0.05, 0) is 63.2 Å². The Bertz CT molecular complexity index is 731. The number of ether oxygens (including phenoxy) is 1. The largest absolute Gasteiger partial charge is 0.494 e. The van der Waals surface area contributed by atoms with E-state index >= 15 is 0 Å². The standard InChI is InChI=1S/C21H30N2O.C2H6/c1-6-11-18(7-2)15(3)14-20-21(16(4)22-23-20)17(5)24-19-12-9-8-10-13-19;1-2/h7,11,14,19,23H,2-3,6,8-10,12-13H2,1,4-5H3;1-2H3/b18-11+,20-14+,21-17+;. The summed E-state index contributed by atoms with van der Waals surface area (Å²) in [5.41, 5.74) is 2.95. The van der Waals surface area contributed by atoms with Crippen LogP contribution in [0.4, 0.5) is 0 Å². The number of nitrogens with one attached hydrogen (secondary N) is 1. The Balaban J connectivity index is 0.00000163. The average molecular weight is 357 g/mol. The molecule has 3 nitrogen and oxygen atoms in total. The lowest BCUT2D eigenvalue weighted by atomic mass is 9.98. The van der Waals surface area contributed by atoms with E-state index in [1.807, 2.05) is 39.8 Å². The second-order valence-corrected chi connectivity index (χ2v) is 6.47. The van der Waals surface area contributed by atoms with Crippen LogP contribution in [0.2, 0.25) is 0 Å². The smallest absolute Gasteiger partial charge is 0.105 e. The zero-order chi connectivity index (χ0) is 19.5. The monoisotopic (exact) mass is 356 g/mol. The van der Waals surface area contributed by atoms with Crippen LogP contribution in [0.15, 0.2) is 36.5 Å². The van der Waals surface area contributed by atoms with Gasteiger partial charge >= 0.3 is 0 Å². The first-order valence-corrected chi connectivity index (χ1v) is 9.99. The van der Waals surface area contributed by atoms with E-state index in [2.05, 4.69) is 36.4 Å². The highest BCUT2D eigenvalue weighted by molar-refractivity contribution is 5.59. The Hall–Kier alpha value is -2.03. The highest BCUT2D eigenvalue weighted by Crippen LogP contribution is 2.22. The van der Waals surface area contributed by atoms with Gasteiger partial charge in [0.05, 0.1) is 22.4 Å². The van der Waals surface area contributed by atoms with E-state index in [1.54, 1.807) is 0 Å². The van der Waals surface area contributed by atoms with E-state index < -0.39 is 0 Å². The lowest BCUT2D eigenvalue weighted by molar-refractivity contribution is 0.121. The van der Waals surface area contributed by atoms with E-state index in [9.17, 15) is 0 Å². The van der Waals surface area contributed by atoms with Crippen molar-refractivity contribution in [2.75, 3.05) is 0 Å². The Kier molecular flexibility index (Phi) is 9.79. The predicted molar refractivity (Wildman–Crippen MR) is 113 cm³/mol. The highest BCUT2D eigenvalue weighted by Gasteiger charge is 2.15. The second kappa shape index (κ2) is 11.6. The molecule has 0 amide bonds. The van der Waals surface area contributed by atoms with Crippen LogP contribution in [0.1, 0.15) is 71.9 Å². The number of rotatable bonds is 6. The molecule has 1 saturated carbocycles. The van der Waals surface area contributed by atoms with Crippen molar-refractivity contribution in [2.24, 2.45) is 0 Å². The predicted octanol–water partition coefficient (Wildman–Crippen LogP) is 5.08. The Morgan fingerprint density at radius 3 is 2.50 bits per heavy atom. The van der Waals surface area contributed by atoms with Gasteiger partial charge in [-0.2, -0.15) is 5.10 Å². The Morgan fingerprint density at radius 2 is 1.92 bits per heavy atom. The van der Waals surface area contributed by atoms with Crippen molar-refractivity contribution in [3.05, 3.63) is 52.7 Å². The maximum atomic E-state index is 6.25. The van der Waals surface area contributed by atoms with Gasteiger partial charge < -0.3 is 4.74 Å². The third-order valence-electron chi connectivity index (χ3n) is 4.56. The van der Waals surface area contributed by atoms with E-state index in [-0.39, 0.29) is 0 Å². The maximum absolute atomic E-state index is 6.25. The number of hydrogen-bond donors (Lipinski definition) is 1. The van der Waals surface area contributed by atoms with E-state index in [0.29, 0.717) is 6.10 Å². The van der Waals surface area contributed by atoms with Gasteiger partial charge in [-0.15, -0.1) is 0 Å². The molecule has 0 radical (unpaired) electrons. The summed E-state index contributed by atoms with van der Waals surface area (Å²) in [5, 5.41) is 9.50. The number of nitrogens with zero attached hydrogens (tertiary/aromatic N) is 1. The number of aryl methyl sites for hydroxylation is 1. The molecule has 0 unspecified atom stereocenters. The lowest BCUT2D eigenvalue weighted by Gasteiger charge is -2.23. The van der Waals surface area contributed by atoms with Crippen LogP contribution in [-0.2, 0) is 4.74 Å². The zero-order valence-electron chi connectivity index (χ0n) is 17.3. The van der Waals surface area contributed by atoms with Gasteiger partial charge in [0.2, 0.25) is 0 Å². The summed E-state index contributed by atoms with van der Waals surface area (Å²) in [5.74, 6) is 0.951. The van der Waals surface area contributed by atoms with Gasteiger partial charge in [-0.25, -0.2) is 0 Å². The van der Waals surface area contributed by atoms with Gasteiger partial charge in [-0.1, -0.05) is 52.5 Å². The van der Waals surface area contributed by atoms with Crippen LogP contribution in [0.3, 0.4) is 0 Å². The van der Waals surface area contributed by atoms with Crippen LogP contribution < -0.4 is 10.6 Å². The van der Waals surface area contributed by atoms with Crippen LogP contribution in [0, 0.1) is 6.92 Å². The van der Waals surface area contributed by atoms with Crippen LogP contribution >= 0.6 is 0 Å². The van der Waals surface area contributed by atoms with E-state index in [4.69, 9.17) is 4.74 Å². The number of aromatic amines is 1.